The molecule has 0 aliphatic rings. The van der Waals surface area contributed by atoms with Gasteiger partial charge in [-0.1, -0.05) is 6.07 Å². The average molecular weight is 407 g/mol. The van der Waals surface area contributed by atoms with Gasteiger partial charge in [0.15, 0.2) is 0 Å². The van der Waals surface area contributed by atoms with Gasteiger partial charge in [-0.3, -0.25) is 0 Å². The molecule has 0 aliphatic carbocycles. The molecule has 2 rings (SSSR count). The maximum atomic E-state index is 12.9. The van der Waals surface area contributed by atoms with Gasteiger partial charge in [0.25, 0.3) is 0 Å². The Morgan fingerprint density at radius 2 is 1.86 bits per heavy atom. The van der Waals surface area contributed by atoms with Crippen molar-refractivity contribution in [2.45, 2.75) is 13.1 Å². The number of hydrogen-bond donors (Lipinski definition) is 2. The minimum Gasteiger partial charge on any atom is -0.370 e. The lowest BCUT2D eigenvalue weighted by atomic mass is 10.2. The predicted octanol–water partition coefficient (Wildman–Crippen LogP) is 4.88. The van der Waals surface area contributed by atoms with Crippen molar-refractivity contribution in [1.82, 2.24) is 4.98 Å². The van der Waals surface area contributed by atoms with Gasteiger partial charge in [0.05, 0.1) is 5.56 Å². The number of pyridine rings is 1. The van der Waals surface area contributed by atoms with Crippen molar-refractivity contribution in [3.8, 4) is 0 Å². The summed E-state index contributed by atoms with van der Waals surface area (Å²) in [5, 5.41) is 5.71. The fourth-order valence-electron chi connectivity index (χ4n) is 1.74. The standard InChI is InChI=1S/C14H13F3IN3/c1-2-19-12-6-9(14(15,16)17)7-13(21-12)20-11-5-3-4-10(18)8-11/h3-8H,2H2,1H3,(H2,19,20,21). The zero-order valence-electron chi connectivity index (χ0n) is 11.1. The highest BCUT2D eigenvalue weighted by atomic mass is 127. The Balaban J connectivity index is 2.35. The zero-order chi connectivity index (χ0) is 15.5. The first-order chi connectivity index (χ1) is 9.88. The second-order valence-corrected chi connectivity index (χ2v) is 5.54. The summed E-state index contributed by atoms with van der Waals surface area (Å²) < 4.78 is 39.7. The third-order valence-electron chi connectivity index (χ3n) is 2.61. The van der Waals surface area contributed by atoms with E-state index in [0.717, 1.165) is 15.7 Å². The first-order valence-corrected chi connectivity index (χ1v) is 7.32. The molecule has 2 N–H and O–H groups in total. The summed E-state index contributed by atoms with van der Waals surface area (Å²) in [5.41, 5.74) is -0.0437. The molecule has 0 amide bonds. The lowest BCUT2D eigenvalue weighted by Gasteiger charge is -2.13. The van der Waals surface area contributed by atoms with Gasteiger partial charge < -0.3 is 10.6 Å². The summed E-state index contributed by atoms with van der Waals surface area (Å²) >= 11 is 2.14. The minimum absolute atomic E-state index is 0.155. The van der Waals surface area contributed by atoms with E-state index >= 15 is 0 Å². The average Bonchev–Trinajstić information content (AvgIpc) is 2.37. The van der Waals surface area contributed by atoms with Crippen molar-refractivity contribution < 1.29 is 13.2 Å². The van der Waals surface area contributed by atoms with Crippen LogP contribution in [0.3, 0.4) is 0 Å². The molecule has 21 heavy (non-hydrogen) atoms. The Hall–Kier alpha value is -1.51. The Morgan fingerprint density at radius 3 is 2.48 bits per heavy atom. The molecule has 0 saturated carbocycles. The number of hydrogen-bond acceptors (Lipinski definition) is 3. The van der Waals surface area contributed by atoms with E-state index in [9.17, 15) is 13.2 Å². The number of nitrogens with zero attached hydrogens (tertiary/aromatic N) is 1. The topological polar surface area (TPSA) is 37.0 Å². The van der Waals surface area contributed by atoms with Gasteiger partial charge in [-0.05, 0) is 59.8 Å². The van der Waals surface area contributed by atoms with Crippen molar-refractivity contribution in [2.75, 3.05) is 17.2 Å². The minimum atomic E-state index is -4.41. The lowest BCUT2D eigenvalue weighted by molar-refractivity contribution is -0.137. The summed E-state index contributed by atoms with van der Waals surface area (Å²) in [5.74, 6) is 0.350. The molecule has 0 bridgehead atoms. The van der Waals surface area contributed by atoms with E-state index in [4.69, 9.17) is 0 Å². The molecule has 112 valence electrons. The van der Waals surface area contributed by atoms with Crippen LogP contribution in [-0.2, 0) is 6.18 Å². The molecule has 0 fully saturated rings. The second-order valence-electron chi connectivity index (χ2n) is 4.29. The first-order valence-electron chi connectivity index (χ1n) is 6.24. The van der Waals surface area contributed by atoms with Crippen molar-refractivity contribution in [2.24, 2.45) is 0 Å². The first kappa shape index (κ1) is 15.9. The summed E-state index contributed by atoms with van der Waals surface area (Å²) in [4.78, 5) is 4.14. The van der Waals surface area contributed by atoms with Gasteiger partial charge in [-0.15, -0.1) is 0 Å². The van der Waals surface area contributed by atoms with Crippen LogP contribution in [-0.4, -0.2) is 11.5 Å². The third kappa shape index (κ3) is 4.48. The largest absolute Gasteiger partial charge is 0.416 e. The summed E-state index contributed by atoms with van der Waals surface area (Å²) in [6.45, 7) is 2.30. The van der Waals surface area contributed by atoms with Gasteiger partial charge in [-0.2, -0.15) is 13.2 Å². The number of benzene rings is 1. The molecule has 0 radical (unpaired) electrons. The van der Waals surface area contributed by atoms with Crippen LogP contribution in [0.1, 0.15) is 12.5 Å². The van der Waals surface area contributed by atoms with Crippen LogP contribution >= 0.6 is 22.6 Å². The number of nitrogens with one attached hydrogen (secondary N) is 2. The smallest absolute Gasteiger partial charge is 0.370 e. The van der Waals surface area contributed by atoms with Crippen LogP contribution in [0.4, 0.5) is 30.5 Å². The van der Waals surface area contributed by atoms with Crippen LogP contribution in [0.2, 0.25) is 0 Å². The van der Waals surface area contributed by atoms with E-state index in [1.165, 1.54) is 0 Å². The molecule has 1 heterocycles. The highest BCUT2D eigenvalue weighted by molar-refractivity contribution is 14.1. The maximum absolute atomic E-state index is 12.9. The van der Waals surface area contributed by atoms with Crippen LogP contribution in [0, 0.1) is 3.57 Å². The van der Waals surface area contributed by atoms with E-state index in [1.54, 1.807) is 13.0 Å². The van der Waals surface area contributed by atoms with Gasteiger partial charge in [-0.25, -0.2) is 4.98 Å². The van der Waals surface area contributed by atoms with Crippen molar-refractivity contribution >= 4 is 39.9 Å². The molecule has 3 nitrogen and oxygen atoms in total. The Morgan fingerprint density at radius 1 is 1.14 bits per heavy atom. The maximum Gasteiger partial charge on any atom is 0.416 e. The number of halogens is 4. The van der Waals surface area contributed by atoms with Crippen LogP contribution in [0.5, 0.6) is 0 Å². The number of anilines is 3. The number of alkyl halides is 3. The summed E-state index contributed by atoms with van der Waals surface area (Å²) in [6, 6.07) is 9.33. The van der Waals surface area contributed by atoms with Gasteiger partial charge in [0.2, 0.25) is 0 Å². The van der Waals surface area contributed by atoms with Crippen molar-refractivity contribution in [3.63, 3.8) is 0 Å². The molecule has 7 heteroatoms. The fraction of sp³-hybridized carbons (Fsp3) is 0.214. The second kappa shape index (κ2) is 6.50. The van der Waals surface area contributed by atoms with Crippen LogP contribution in [0.25, 0.3) is 0 Å². The lowest BCUT2D eigenvalue weighted by Crippen LogP contribution is -2.09. The summed E-state index contributed by atoms with van der Waals surface area (Å²) in [6.07, 6.45) is -4.41. The number of aromatic nitrogens is 1. The molecule has 0 unspecified atom stereocenters. The molecular formula is C14H13F3IN3. The SMILES string of the molecule is CCNc1cc(C(F)(F)F)cc(Nc2cccc(I)c2)n1. The fourth-order valence-corrected chi connectivity index (χ4v) is 2.29. The normalized spacial score (nSPS) is 11.3. The monoisotopic (exact) mass is 407 g/mol. The highest BCUT2D eigenvalue weighted by Gasteiger charge is 2.31. The van der Waals surface area contributed by atoms with Crippen LogP contribution in [0.15, 0.2) is 36.4 Å². The molecule has 2 aromatic rings. The Kier molecular flexibility index (Phi) is 4.92. The Bertz CT molecular complexity index is 629. The molecule has 0 aliphatic heterocycles. The molecule has 1 aromatic carbocycles. The van der Waals surface area contributed by atoms with E-state index in [2.05, 4.69) is 38.2 Å². The molecule has 0 atom stereocenters. The summed E-state index contributed by atoms with van der Waals surface area (Å²) in [7, 11) is 0. The highest BCUT2D eigenvalue weighted by Crippen LogP contribution is 2.32. The van der Waals surface area contributed by atoms with Crippen molar-refractivity contribution in [1.29, 1.82) is 0 Å². The van der Waals surface area contributed by atoms with E-state index < -0.39 is 11.7 Å². The van der Waals surface area contributed by atoms with Crippen LogP contribution < -0.4 is 10.6 Å². The van der Waals surface area contributed by atoms with E-state index in [1.807, 2.05) is 18.2 Å². The Labute approximate surface area is 134 Å². The molecule has 0 saturated heterocycles. The third-order valence-corrected chi connectivity index (χ3v) is 3.28. The predicted molar refractivity (Wildman–Crippen MR) is 85.8 cm³/mol. The zero-order valence-corrected chi connectivity index (χ0v) is 13.3. The quantitative estimate of drug-likeness (QED) is 0.710. The van der Waals surface area contributed by atoms with Gasteiger partial charge in [0.1, 0.15) is 11.6 Å². The van der Waals surface area contributed by atoms with Gasteiger partial charge >= 0.3 is 6.18 Å². The molecule has 0 spiro atoms. The van der Waals surface area contributed by atoms with Crippen molar-refractivity contribution in [3.05, 3.63) is 45.5 Å². The molecule has 1 aromatic heterocycles. The molecular weight excluding hydrogens is 394 g/mol. The van der Waals surface area contributed by atoms with Gasteiger partial charge in [0, 0.05) is 15.8 Å². The van der Waals surface area contributed by atoms with E-state index in [0.29, 0.717) is 12.2 Å². The van der Waals surface area contributed by atoms with E-state index in [-0.39, 0.29) is 11.6 Å². The number of rotatable bonds is 4.